The van der Waals surface area contributed by atoms with E-state index in [1.807, 2.05) is 6.92 Å². The Morgan fingerprint density at radius 3 is 2.52 bits per heavy atom. The van der Waals surface area contributed by atoms with Crippen molar-refractivity contribution in [1.29, 1.82) is 0 Å². The molecule has 4 rings (SSSR count). The van der Waals surface area contributed by atoms with Gasteiger partial charge in [-0.25, -0.2) is 4.79 Å². The number of nitrogens with zero attached hydrogens (tertiary/aromatic N) is 2. The summed E-state index contributed by atoms with van der Waals surface area (Å²) in [5, 5.41) is 3.04. The van der Waals surface area contributed by atoms with Gasteiger partial charge < -0.3 is 15.2 Å². The minimum atomic E-state index is -0.202. The van der Waals surface area contributed by atoms with Crippen LogP contribution in [0, 0.1) is 12.8 Å². The number of aryl methyl sites for hydroxylation is 1. The molecule has 1 aliphatic heterocycles. The van der Waals surface area contributed by atoms with Crippen LogP contribution in [0.1, 0.15) is 41.7 Å². The highest BCUT2D eigenvalue weighted by Gasteiger charge is 2.32. The number of rotatable bonds is 4. The normalized spacial score (nSPS) is 19.7. The molecule has 7 heteroatoms. The highest BCUT2D eigenvalue weighted by Crippen LogP contribution is 2.23. The Hall–Kier alpha value is -2.83. The lowest BCUT2D eigenvalue weighted by atomic mass is 9.96. The number of benzene rings is 1. The van der Waals surface area contributed by atoms with Crippen LogP contribution in [-0.4, -0.2) is 45.4 Å². The van der Waals surface area contributed by atoms with Crippen molar-refractivity contribution in [2.24, 2.45) is 5.92 Å². The Morgan fingerprint density at radius 1 is 1.15 bits per heavy atom. The van der Waals surface area contributed by atoms with E-state index in [9.17, 15) is 14.4 Å². The summed E-state index contributed by atoms with van der Waals surface area (Å²) in [5.41, 5.74) is 1.89. The maximum Gasteiger partial charge on any atom is 0.330 e. The first-order valence-corrected chi connectivity index (χ1v) is 9.50. The van der Waals surface area contributed by atoms with Crippen LogP contribution >= 0.6 is 0 Å². The van der Waals surface area contributed by atoms with Crippen molar-refractivity contribution in [3.8, 4) is 5.69 Å². The average molecular weight is 368 g/mol. The third-order valence-corrected chi connectivity index (χ3v) is 5.34. The number of hydrogen-bond acceptors (Lipinski definition) is 3. The molecule has 1 saturated heterocycles. The molecule has 0 radical (unpaired) electrons. The Kier molecular flexibility index (Phi) is 4.59. The van der Waals surface area contributed by atoms with Crippen LogP contribution < -0.4 is 11.0 Å². The zero-order valence-electron chi connectivity index (χ0n) is 15.4. The fraction of sp³-hybridized carbons (Fsp3) is 0.450. The third-order valence-electron chi connectivity index (χ3n) is 5.34. The Labute approximate surface area is 157 Å². The van der Waals surface area contributed by atoms with Gasteiger partial charge in [-0.3, -0.25) is 14.2 Å². The molecule has 27 heavy (non-hydrogen) atoms. The topological polar surface area (TPSA) is 87.2 Å². The molecular weight excluding hydrogens is 344 g/mol. The number of H-pyrrole nitrogens is 1. The SMILES string of the molecule is Cc1c[nH]c(=O)n1-c1ccc(C(=O)N2CCCC(C(=O)NC3CC3)C2)cc1. The summed E-state index contributed by atoms with van der Waals surface area (Å²) in [6.45, 7) is 2.98. The minimum absolute atomic E-state index is 0.0661. The van der Waals surface area contributed by atoms with Crippen LogP contribution in [0.3, 0.4) is 0 Å². The molecule has 0 bridgehead atoms. The van der Waals surface area contributed by atoms with E-state index in [1.54, 1.807) is 39.9 Å². The lowest BCUT2D eigenvalue weighted by Crippen LogP contribution is -2.45. The van der Waals surface area contributed by atoms with Gasteiger partial charge in [0.25, 0.3) is 5.91 Å². The number of aromatic nitrogens is 2. The number of hydrogen-bond donors (Lipinski definition) is 2. The van der Waals surface area contributed by atoms with E-state index in [1.165, 1.54) is 0 Å². The van der Waals surface area contributed by atoms with Crippen molar-refractivity contribution in [3.63, 3.8) is 0 Å². The maximum absolute atomic E-state index is 12.9. The largest absolute Gasteiger partial charge is 0.353 e. The molecule has 2 amide bonds. The highest BCUT2D eigenvalue weighted by atomic mass is 16.2. The molecule has 2 aromatic rings. The number of aromatic amines is 1. The van der Waals surface area contributed by atoms with Crippen molar-refractivity contribution in [3.05, 3.63) is 52.2 Å². The number of imidazole rings is 1. The van der Waals surface area contributed by atoms with Crippen LogP contribution in [0.5, 0.6) is 0 Å². The van der Waals surface area contributed by atoms with Crippen LogP contribution in [0.15, 0.2) is 35.3 Å². The first-order chi connectivity index (χ1) is 13.0. The van der Waals surface area contributed by atoms with Gasteiger partial charge in [-0.05, 0) is 56.9 Å². The van der Waals surface area contributed by atoms with Crippen molar-refractivity contribution in [1.82, 2.24) is 19.8 Å². The van der Waals surface area contributed by atoms with E-state index < -0.39 is 0 Å². The summed E-state index contributed by atoms with van der Waals surface area (Å²) in [6.07, 6.45) is 5.46. The predicted molar refractivity (Wildman–Crippen MR) is 101 cm³/mol. The number of likely N-dealkylation sites (tertiary alicyclic amines) is 1. The Morgan fingerprint density at radius 2 is 1.89 bits per heavy atom. The number of carbonyl (C=O) groups is 2. The van der Waals surface area contributed by atoms with E-state index in [-0.39, 0.29) is 23.4 Å². The van der Waals surface area contributed by atoms with Gasteiger partial charge in [-0.2, -0.15) is 0 Å². The molecule has 1 aliphatic carbocycles. The monoisotopic (exact) mass is 368 g/mol. The molecule has 7 nitrogen and oxygen atoms in total. The van der Waals surface area contributed by atoms with E-state index >= 15 is 0 Å². The van der Waals surface area contributed by atoms with Crippen LogP contribution in [0.4, 0.5) is 0 Å². The van der Waals surface area contributed by atoms with Crippen LogP contribution in [0.2, 0.25) is 0 Å². The van der Waals surface area contributed by atoms with Gasteiger partial charge in [0.2, 0.25) is 5.91 Å². The summed E-state index contributed by atoms with van der Waals surface area (Å²) in [4.78, 5) is 41.5. The lowest BCUT2D eigenvalue weighted by molar-refractivity contribution is -0.126. The second-order valence-electron chi connectivity index (χ2n) is 7.49. The Bertz CT molecular complexity index is 908. The fourth-order valence-corrected chi connectivity index (χ4v) is 3.63. The van der Waals surface area contributed by atoms with Crippen molar-refractivity contribution in [2.75, 3.05) is 13.1 Å². The second kappa shape index (κ2) is 7.06. The number of piperidine rings is 1. The molecule has 1 unspecified atom stereocenters. The third kappa shape index (κ3) is 3.67. The van der Waals surface area contributed by atoms with Crippen molar-refractivity contribution >= 4 is 11.8 Å². The molecule has 2 aliphatic rings. The zero-order valence-corrected chi connectivity index (χ0v) is 15.4. The molecule has 2 fully saturated rings. The van der Waals surface area contributed by atoms with Gasteiger partial charge in [0.05, 0.1) is 11.6 Å². The summed E-state index contributed by atoms with van der Waals surface area (Å²) >= 11 is 0. The molecule has 1 saturated carbocycles. The molecular formula is C20H24N4O3. The van der Waals surface area contributed by atoms with Crippen molar-refractivity contribution < 1.29 is 9.59 Å². The molecule has 1 aromatic carbocycles. The van der Waals surface area contributed by atoms with E-state index in [0.29, 0.717) is 24.7 Å². The summed E-state index contributed by atoms with van der Waals surface area (Å²) in [6, 6.07) is 7.37. The fourth-order valence-electron chi connectivity index (χ4n) is 3.63. The molecule has 0 spiro atoms. The maximum atomic E-state index is 12.9. The zero-order chi connectivity index (χ0) is 19.0. The van der Waals surface area contributed by atoms with Gasteiger partial charge in [0.1, 0.15) is 0 Å². The van der Waals surface area contributed by atoms with Crippen LogP contribution in [-0.2, 0) is 4.79 Å². The van der Waals surface area contributed by atoms with Crippen LogP contribution in [0.25, 0.3) is 5.69 Å². The Balaban J connectivity index is 1.45. The first kappa shape index (κ1) is 17.6. The van der Waals surface area contributed by atoms with Gasteiger partial charge in [-0.1, -0.05) is 0 Å². The van der Waals surface area contributed by atoms with E-state index in [0.717, 1.165) is 37.1 Å². The number of amides is 2. The summed E-state index contributed by atoms with van der Waals surface area (Å²) in [5.74, 6) is -0.111. The number of nitrogens with one attached hydrogen (secondary N) is 2. The highest BCUT2D eigenvalue weighted by molar-refractivity contribution is 5.95. The second-order valence-corrected chi connectivity index (χ2v) is 7.49. The van der Waals surface area contributed by atoms with Crippen molar-refractivity contribution in [2.45, 2.75) is 38.6 Å². The molecule has 142 valence electrons. The van der Waals surface area contributed by atoms with Gasteiger partial charge in [0, 0.05) is 36.6 Å². The lowest BCUT2D eigenvalue weighted by Gasteiger charge is -2.32. The molecule has 1 aromatic heterocycles. The predicted octanol–water partition coefficient (Wildman–Crippen LogP) is 1.60. The molecule has 2 N–H and O–H groups in total. The summed E-state index contributed by atoms with van der Waals surface area (Å²) < 4.78 is 1.56. The average Bonchev–Trinajstić information content (AvgIpc) is 3.44. The van der Waals surface area contributed by atoms with Gasteiger partial charge >= 0.3 is 5.69 Å². The van der Waals surface area contributed by atoms with E-state index in [4.69, 9.17) is 0 Å². The summed E-state index contributed by atoms with van der Waals surface area (Å²) in [7, 11) is 0. The molecule has 1 atom stereocenters. The molecule has 2 heterocycles. The first-order valence-electron chi connectivity index (χ1n) is 9.50. The minimum Gasteiger partial charge on any atom is -0.353 e. The smallest absolute Gasteiger partial charge is 0.330 e. The van der Waals surface area contributed by atoms with Gasteiger partial charge in [-0.15, -0.1) is 0 Å². The quantitative estimate of drug-likeness (QED) is 0.859. The van der Waals surface area contributed by atoms with Gasteiger partial charge in [0.15, 0.2) is 0 Å². The standard InChI is InChI=1S/C20H24N4O3/c1-13-11-21-20(27)24(13)17-8-4-14(5-9-17)19(26)23-10-2-3-15(12-23)18(25)22-16-6-7-16/h4-5,8-9,11,15-16H,2-3,6-7,10,12H2,1H3,(H,21,27)(H,22,25). The van der Waals surface area contributed by atoms with E-state index in [2.05, 4.69) is 10.3 Å². The number of carbonyl (C=O) groups excluding carboxylic acids is 2.